The highest BCUT2D eigenvalue weighted by Crippen LogP contribution is 2.44. The molecule has 0 radical (unpaired) electrons. The number of tetrazole rings is 1. The number of imidazole rings is 1. The molecule has 0 aliphatic carbocycles. The van der Waals surface area contributed by atoms with Crippen LogP contribution in [0, 0.1) is 11.6 Å². The van der Waals surface area contributed by atoms with Gasteiger partial charge in [0.1, 0.15) is 27.2 Å². The lowest BCUT2D eigenvalue weighted by molar-refractivity contribution is -0.129. The average Bonchev–Trinajstić information content (AvgIpc) is 3.65. The third-order valence-electron chi connectivity index (χ3n) is 7.43. The van der Waals surface area contributed by atoms with Gasteiger partial charge in [0.15, 0.2) is 19.5 Å². The van der Waals surface area contributed by atoms with E-state index < -0.39 is 17.0 Å². The van der Waals surface area contributed by atoms with Crippen LogP contribution in [0.25, 0.3) is 22.5 Å². The van der Waals surface area contributed by atoms with Crippen molar-refractivity contribution in [3.05, 3.63) is 70.4 Å². The fourth-order valence-electron chi connectivity index (χ4n) is 5.59. The number of benzene rings is 1. The van der Waals surface area contributed by atoms with Gasteiger partial charge in [-0.15, -0.1) is 5.10 Å². The van der Waals surface area contributed by atoms with E-state index in [0.717, 1.165) is 0 Å². The van der Waals surface area contributed by atoms with Crippen LogP contribution in [0.15, 0.2) is 36.7 Å². The van der Waals surface area contributed by atoms with Gasteiger partial charge in [-0.2, -0.15) is 0 Å². The maximum atomic E-state index is 15.4. The molecule has 10 nitrogen and oxygen atoms in total. The third-order valence-corrected chi connectivity index (χ3v) is 7.72. The lowest BCUT2D eigenvalue weighted by atomic mass is 9.63. The van der Waals surface area contributed by atoms with E-state index in [2.05, 4.69) is 30.5 Å². The number of hydrogen-bond acceptors (Lipinski definition) is 7. The standard InChI is InChI=1S/C24H22B3ClF2N8O2/c25-23-34-35-36-38(23)15-4-2-13(28)20(30)18(15)10-7-11-1-3-16(37(11)17(39)8-10)22-32-9-14(33-22)12-5-6-31-21(19(12)29)24(26,27)40/h2,4-6,8-9,11,16,40H,1,3,7,25-27H2,(H,32,33)/t11-,16+/m1/s1. The molecular weight excluding hydrogens is 538 g/mol. The summed E-state index contributed by atoms with van der Waals surface area (Å²) >= 11 is 6.14. The molecule has 0 bridgehead atoms. The quantitative estimate of drug-likeness (QED) is 0.316. The highest BCUT2D eigenvalue weighted by Gasteiger charge is 2.42. The number of rotatable bonds is 5. The Balaban J connectivity index is 1.33. The van der Waals surface area contributed by atoms with Crippen molar-refractivity contribution < 1.29 is 18.7 Å². The molecule has 2 atom stereocenters. The molecule has 16 heteroatoms. The molecule has 2 N–H and O–H groups in total. The number of nitrogens with zero attached hydrogens (tertiary/aromatic N) is 7. The molecule has 1 aromatic carbocycles. The summed E-state index contributed by atoms with van der Waals surface area (Å²) in [6.07, 6.45) is 6.04. The van der Waals surface area contributed by atoms with E-state index in [1.807, 2.05) is 0 Å². The normalized spacial score (nSPS) is 19.1. The number of hydrogen-bond donors (Lipinski definition) is 2. The lowest BCUT2D eigenvalue weighted by Gasteiger charge is -2.33. The Bertz CT molecular complexity index is 1690. The zero-order chi connectivity index (χ0) is 28.3. The van der Waals surface area contributed by atoms with Crippen LogP contribution >= 0.6 is 11.6 Å². The molecule has 4 aromatic rings. The van der Waals surface area contributed by atoms with Crippen LogP contribution in [0.1, 0.15) is 42.4 Å². The van der Waals surface area contributed by atoms with Crippen molar-refractivity contribution in [1.29, 1.82) is 0 Å². The van der Waals surface area contributed by atoms with E-state index in [9.17, 15) is 9.90 Å². The number of carbonyl (C=O) groups is 1. The predicted octanol–water partition coefficient (Wildman–Crippen LogP) is -0.474. The first kappa shape index (κ1) is 26.4. The number of fused-ring (bicyclic) bond motifs is 1. The van der Waals surface area contributed by atoms with Gasteiger partial charge in [0.25, 0.3) is 0 Å². The minimum Gasteiger partial charge on any atom is -0.402 e. The van der Waals surface area contributed by atoms with Crippen molar-refractivity contribution in [2.24, 2.45) is 0 Å². The van der Waals surface area contributed by atoms with Crippen LogP contribution in [0.4, 0.5) is 8.78 Å². The zero-order valence-corrected chi connectivity index (χ0v) is 22.6. The second-order valence-corrected chi connectivity index (χ2v) is 10.9. The van der Waals surface area contributed by atoms with Crippen LogP contribution in [-0.2, 0) is 10.2 Å². The number of nitrogens with one attached hydrogen (secondary N) is 1. The minimum absolute atomic E-state index is 0.0660. The monoisotopic (exact) mass is 560 g/mol. The van der Waals surface area contributed by atoms with Gasteiger partial charge >= 0.3 is 0 Å². The number of carbonyl (C=O) groups excluding carboxylic acids is 1. The summed E-state index contributed by atoms with van der Waals surface area (Å²) in [5, 5.41) is 20.3. The Morgan fingerprint density at radius 1 is 1.15 bits per heavy atom. The number of H-pyrrole nitrogens is 1. The number of halogens is 3. The average molecular weight is 560 g/mol. The third kappa shape index (κ3) is 4.33. The highest BCUT2D eigenvalue weighted by molar-refractivity contribution is 6.38. The zero-order valence-electron chi connectivity index (χ0n) is 21.9. The van der Waals surface area contributed by atoms with Crippen molar-refractivity contribution in [2.75, 3.05) is 0 Å². The van der Waals surface area contributed by atoms with E-state index in [1.54, 1.807) is 18.8 Å². The summed E-state index contributed by atoms with van der Waals surface area (Å²) in [6.45, 7) is 0. The maximum Gasteiger partial charge on any atom is 0.247 e. The molecule has 2 aliphatic rings. The molecule has 40 heavy (non-hydrogen) atoms. The Morgan fingerprint density at radius 3 is 2.67 bits per heavy atom. The number of aliphatic hydroxyl groups is 1. The van der Waals surface area contributed by atoms with E-state index in [4.69, 9.17) is 11.6 Å². The molecule has 2 aliphatic heterocycles. The smallest absolute Gasteiger partial charge is 0.247 e. The molecule has 200 valence electrons. The van der Waals surface area contributed by atoms with Gasteiger partial charge in [-0.25, -0.2) is 18.4 Å². The SMILES string of the molecule is Bc1nnnn1-c1ccc(Cl)c(F)c1C1=CC(=O)N2[C@H](CC[C@H]2c2ncc(-c3ccnc(C(B)(B)O)c3F)[nH]2)C1. The second-order valence-electron chi connectivity index (χ2n) is 10.5. The summed E-state index contributed by atoms with van der Waals surface area (Å²) in [7, 11) is 4.62. The molecular formula is C24H22B3ClF2N8O2. The van der Waals surface area contributed by atoms with Crippen LogP contribution in [-0.4, -0.2) is 80.7 Å². The summed E-state index contributed by atoms with van der Waals surface area (Å²) in [6, 6.07) is 4.00. The largest absolute Gasteiger partial charge is 0.402 e. The fourth-order valence-corrected chi connectivity index (χ4v) is 5.75. The molecule has 1 amide bonds. The minimum atomic E-state index is -1.46. The van der Waals surface area contributed by atoms with Crippen LogP contribution in [0.3, 0.4) is 0 Å². The van der Waals surface area contributed by atoms with Gasteiger partial charge in [0.05, 0.1) is 34.3 Å². The molecule has 6 rings (SSSR count). The Hall–Kier alpha value is -3.84. The fraction of sp³-hybridized carbons (Fsp3) is 0.250. The molecule has 3 aromatic heterocycles. The van der Waals surface area contributed by atoms with Crippen molar-refractivity contribution in [3.63, 3.8) is 0 Å². The van der Waals surface area contributed by atoms with E-state index in [0.29, 0.717) is 47.8 Å². The summed E-state index contributed by atoms with van der Waals surface area (Å²) in [5.41, 5.74) is 2.11. The first-order valence-electron chi connectivity index (χ1n) is 12.7. The summed E-state index contributed by atoms with van der Waals surface area (Å²) in [5.74, 6) is -1.06. The molecule has 0 unspecified atom stereocenters. The van der Waals surface area contributed by atoms with Gasteiger partial charge in [-0.1, -0.05) is 11.6 Å². The Kier molecular flexibility index (Phi) is 6.38. The number of pyridine rings is 1. The van der Waals surface area contributed by atoms with Gasteiger partial charge in [-0.3, -0.25) is 9.78 Å². The summed E-state index contributed by atoms with van der Waals surface area (Å²) < 4.78 is 32.0. The van der Waals surface area contributed by atoms with Crippen molar-refractivity contribution in [2.45, 2.75) is 36.7 Å². The molecule has 0 spiro atoms. The van der Waals surface area contributed by atoms with Gasteiger partial charge in [0, 0.05) is 34.8 Å². The molecule has 1 fully saturated rings. The lowest BCUT2D eigenvalue weighted by Crippen LogP contribution is -2.39. The van der Waals surface area contributed by atoms with Gasteiger partial charge in [-0.05, 0) is 53.5 Å². The maximum absolute atomic E-state index is 15.4. The number of aromatic amines is 1. The van der Waals surface area contributed by atoms with Crippen molar-refractivity contribution >= 4 is 52.3 Å². The van der Waals surface area contributed by atoms with E-state index in [1.165, 1.54) is 51.0 Å². The first-order chi connectivity index (χ1) is 19.0. The summed E-state index contributed by atoms with van der Waals surface area (Å²) in [4.78, 5) is 26.9. The molecule has 1 saturated heterocycles. The van der Waals surface area contributed by atoms with Crippen molar-refractivity contribution in [1.82, 2.24) is 40.1 Å². The number of amides is 1. The molecule has 5 heterocycles. The first-order valence-corrected chi connectivity index (χ1v) is 13.1. The second kappa shape index (κ2) is 9.67. The van der Waals surface area contributed by atoms with Gasteiger partial charge in [0.2, 0.25) is 5.91 Å². The van der Waals surface area contributed by atoms with Crippen LogP contribution < -0.4 is 5.72 Å². The van der Waals surface area contributed by atoms with E-state index >= 15 is 8.78 Å². The topological polar surface area (TPSA) is 126 Å². The van der Waals surface area contributed by atoms with Crippen LogP contribution in [0.2, 0.25) is 5.02 Å². The molecule has 0 saturated carbocycles. The van der Waals surface area contributed by atoms with E-state index in [-0.39, 0.29) is 39.8 Å². The highest BCUT2D eigenvalue weighted by atomic mass is 35.5. The van der Waals surface area contributed by atoms with Crippen LogP contribution in [0.5, 0.6) is 0 Å². The number of aromatic nitrogens is 7. The van der Waals surface area contributed by atoms with Crippen molar-refractivity contribution in [3.8, 4) is 16.9 Å². The Labute approximate surface area is 235 Å². The van der Waals surface area contributed by atoms with Gasteiger partial charge < -0.3 is 15.0 Å². The predicted molar refractivity (Wildman–Crippen MR) is 150 cm³/mol. The Morgan fingerprint density at radius 2 is 1.95 bits per heavy atom.